The lowest BCUT2D eigenvalue weighted by molar-refractivity contribution is 1.25. The van der Waals surface area contributed by atoms with E-state index >= 15 is 0 Å². The molecule has 0 aliphatic heterocycles. The van der Waals surface area contributed by atoms with Crippen molar-refractivity contribution in [1.29, 1.82) is 0 Å². The molecule has 0 amide bonds. The normalized spacial score (nSPS) is 8.71. The minimum Gasteiger partial charge on any atom is -0.436 e. The quantitative estimate of drug-likeness (QED) is 0.496. The van der Waals surface area contributed by atoms with Crippen molar-refractivity contribution in [2.75, 3.05) is 0 Å². The van der Waals surface area contributed by atoms with Crippen LogP contribution in [0.15, 0.2) is 24.5 Å². The topological polar surface area (TPSA) is 4.93 Å². The minimum atomic E-state index is -0.478. The molecule has 0 bridgehead atoms. The van der Waals surface area contributed by atoms with E-state index in [1.807, 2.05) is 28.1 Å². The van der Waals surface area contributed by atoms with Crippen LogP contribution in [-0.2, 0) is 0 Å². The van der Waals surface area contributed by atoms with Gasteiger partial charge in [0.2, 0.25) is 0 Å². The third-order valence-corrected chi connectivity index (χ3v) is 2.33. The van der Waals surface area contributed by atoms with Crippen molar-refractivity contribution in [2.45, 2.75) is 0 Å². The van der Waals surface area contributed by atoms with E-state index < -0.39 is 14.5 Å². The van der Waals surface area contributed by atoms with Gasteiger partial charge in [-0.25, -0.2) is 10.0 Å². The van der Waals surface area contributed by atoms with E-state index in [-0.39, 0.29) is 0 Å². The predicted octanol–water partition coefficient (Wildman–Crippen LogP) is 0.841. The molecular weight excluding hydrogens is 124 g/mol. The van der Waals surface area contributed by atoms with Crippen LogP contribution in [0.2, 0.25) is 0 Å². The highest BCUT2D eigenvalue weighted by atomic mass is 35.6. The number of rotatable bonds is 1. The molecule has 0 aromatic carbocycles. The second kappa shape index (κ2) is 2.42. The molecule has 0 radical (unpaired) electrons. The monoisotopic (exact) mass is 129 g/mol. The van der Waals surface area contributed by atoms with Gasteiger partial charge in [0.15, 0.2) is 0 Å². The fourth-order valence-electron chi connectivity index (χ4n) is 0.450. The highest BCUT2D eigenvalue weighted by Gasteiger charge is 1.84. The highest BCUT2D eigenvalue weighted by Crippen LogP contribution is 1.85. The molecule has 0 aliphatic rings. The van der Waals surface area contributed by atoms with Gasteiger partial charge in [-0.2, -0.15) is 0 Å². The molecule has 0 unspecified atom stereocenters. The van der Waals surface area contributed by atoms with E-state index in [4.69, 9.17) is 10.0 Å². The lowest BCUT2D eigenvalue weighted by Crippen LogP contribution is -1.91. The molecular formula is C4H5AlClN. The summed E-state index contributed by atoms with van der Waals surface area (Å²) < 4.78 is 2.03. The van der Waals surface area contributed by atoms with Crippen molar-refractivity contribution < 1.29 is 0 Å². The molecule has 0 N–H and O–H groups in total. The number of halogens is 1. The smallest absolute Gasteiger partial charge is 0.436 e. The predicted molar refractivity (Wildman–Crippen MR) is 32.8 cm³/mol. The van der Waals surface area contributed by atoms with Gasteiger partial charge in [0.1, 0.15) is 0 Å². The first-order chi connectivity index (χ1) is 3.43. The molecule has 1 heterocycles. The van der Waals surface area contributed by atoms with Crippen molar-refractivity contribution >= 4 is 24.6 Å². The van der Waals surface area contributed by atoms with Crippen LogP contribution >= 0.6 is 10.0 Å². The van der Waals surface area contributed by atoms with Gasteiger partial charge in [-0.1, -0.05) is 0 Å². The van der Waals surface area contributed by atoms with E-state index in [1.54, 1.807) is 0 Å². The lowest BCUT2D eigenvalue weighted by atomic mass is 10.7. The van der Waals surface area contributed by atoms with E-state index in [2.05, 4.69) is 0 Å². The summed E-state index contributed by atoms with van der Waals surface area (Å²) in [7, 11) is 5.57. The molecule has 1 aromatic rings. The Balaban J connectivity index is 2.76. The Labute approximate surface area is 53.0 Å². The Morgan fingerprint density at radius 2 is 1.86 bits per heavy atom. The van der Waals surface area contributed by atoms with Crippen LogP contribution in [0.25, 0.3) is 0 Å². The van der Waals surface area contributed by atoms with Crippen LogP contribution in [0, 0.1) is 0 Å². The largest absolute Gasteiger partial charge is 0.523 e. The van der Waals surface area contributed by atoms with Crippen molar-refractivity contribution in [3.05, 3.63) is 24.5 Å². The summed E-state index contributed by atoms with van der Waals surface area (Å²) in [5, 5.41) is 0. The standard InChI is InChI=1S/C4H4N.Al.ClH.H/c1-2-4-5-3-1;;;/h1-4H;;1H;/q-1;+2;;/p-1. The van der Waals surface area contributed by atoms with Gasteiger partial charge >= 0.3 is 14.5 Å². The molecule has 1 aromatic heterocycles. The van der Waals surface area contributed by atoms with Crippen LogP contribution in [0.1, 0.15) is 0 Å². The molecule has 0 atom stereocenters. The van der Waals surface area contributed by atoms with Gasteiger partial charge in [0.05, 0.1) is 0 Å². The average Bonchev–Trinajstić information content (AvgIpc) is 2.14. The zero-order valence-electron chi connectivity index (χ0n) is 3.84. The molecule has 1 nitrogen and oxygen atoms in total. The fraction of sp³-hybridized carbons (Fsp3) is 0. The summed E-state index contributed by atoms with van der Waals surface area (Å²) >= 11 is -0.478. The van der Waals surface area contributed by atoms with Crippen molar-refractivity contribution in [2.24, 2.45) is 0 Å². The molecule has 0 saturated carbocycles. The third-order valence-electron chi connectivity index (χ3n) is 0.804. The molecule has 0 fully saturated rings. The summed E-state index contributed by atoms with van der Waals surface area (Å²) in [6.07, 6.45) is 3.97. The van der Waals surface area contributed by atoms with E-state index in [1.165, 1.54) is 0 Å². The summed E-state index contributed by atoms with van der Waals surface area (Å²) in [6, 6.07) is 3.96. The highest BCUT2D eigenvalue weighted by molar-refractivity contribution is 6.92. The van der Waals surface area contributed by atoms with Gasteiger partial charge in [-0.3, -0.25) is 0 Å². The molecule has 7 heavy (non-hydrogen) atoms. The number of nitrogens with zero attached hydrogens (tertiary/aromatic N) is 1. The SMILES string of the molecule is [Cl][AlH][n]1cccc1. The summed E-state index contributed by atoms with van der Waals surface area (Å²) in [5.41, 5.74) is 0. The van der Waals surface area contributed by atoms with Crippen LogP contribution in [0.5, 0.6) is 0 Å². The van der Waals surface area contributed by atoms with Crippen LogP contribution in [0.3, 0.4) is 0 Å². The maximum absolute atomic E-state index is 5.57. The number of aromatic nitrogens is 1. The van der Waals surface area contributed by atoms with Gasteiger partial charge in [-0.15, -0.1) is 0 Å². The van der Waals surface area contributed by atoms with Crippen LogP contribution in [-0.4, -0.2) is 18.1 Å². The fourth-order valence-corrected chi connectivity index (χ4v) is 1.33. The van der Waals surface area contributed by atoms with Gasteiger partial charge in [-0.05, 0) is 24.5 Å². The second-order valence-corrected chi connectivity index (χ2v) is 3.00. The van der Waals surface area contributed by atoms with E-state index in [9.17, 15) is 0 Å². The first-order valence-electron chi connectivity index (χ1n) is 2.10. The Morgan fingerprint density at radius 1 is 1.29 bits per heavy atom. The Bertz CT molecular complexity index is 126. The third kappa shape index (κ3) is 1.24. The van der Waals surface area contributed by atoms with Gasteiger partial charge in [0, 0.05) is 0 Å². The molecule has 3 heteroatoms. The summed E-state index contributed by atoms with van der Waals surface area (Å²) in [6.45, 7) is 0. The minimum absolute atomic E-state index is 0.478. The number of hydrogen-bond acceptors (Lipinski definition) is 0. The molecule has 0 saturated heterocycles. The zero-order valence-corrected chi connectivity index (χ0v) is 6.01. The zero-order chi connectivity index (χ0) is 5.11. The van der Waals surface area contributed by atoms with E-state index in [0.29, 0.717) is 0 Å². The Hall–Kier alpha value is 0.102. The van der Waals surface area contributed by atoms with Crippen LogP contribution < -0.4 is 0 Å². The molecule has 36 valence electrons. The second-order valence-electron chi connectivity index (χ2n) is 1.32. The Kier molecular flexibility index (Phi) is 1.81. The van der Waals surface area contributed by atoms with Crippen molar-refractivity contribution in [1.82, 2.24) is 3.55 Å². The maximum atomic E-state index is 5.57. The maximum Gasteiger partial charge on any atom is 0.523 e. The lowest BCUT2D eigenvalue weighted by Gasteiger charge is -1.85. The van der Waals surface area contributed by atoms with E-state index in [0.717, 1.165) is 0 Å². The first-order valence-corrected chi connectivity index (χ1v) is 4.87. The van der Waals surface area contributed by atoms with Crippen molar-refractivity contribution in [3.63, 3.8) is 0 Å². The van der Waals surface area contributed by atoms with Crippen LogP contribution in [0.4, 0.5) is 0 Å². The van der Waals surface area contributed by atoms with Gasteiger partial charge in [0.25, 0.3) is 0 Å². The van der Waals surface area contributed by atoms with Gasteiger partial charge < -0.3 is 3.55 Å². The molecule has 1 rings (SSSR count). The average molecular weight is 130 g/mol. The van der Waals surface area contributed by atoms with Crippen molar-refractivity contribution in [3.8, 4) is 0 Å². The number of hydrogen-bond donors (Lipinski definition) is 0. The first kappa shape index (κ1) is 5.24. The summed E-state index contributed by atoms with van der Waals surface area (Å²) in [5.74, 6) is 0. The summed E-state index contributed by atoms with van der Waals surface area (Å²) in [4.78, 5) is 0. The molecule has 0 aliphatic carbocycles. The Morgan fingerprint density at radius 3 is 2.14 bits per heavy atom. The molecule has 0 spiro atoms.